The number of nitrogens with two attached hydrogens (primary N) is 1. The van der Waals surface area contributed by atoms with Crippen LogP contribution in [-0.2, 0) is 6.42 Å². The Kier molecular flexibility index (Phi) is 3.95. The van der Waals surface area contributed by atoms with Gasteiger partial charge in [-0.3, -0.25) is 0 Å². The molecule has 0 amide bonds. The molecule has 0 radical (unpaired) electrons. The maximum atomic E-state index is 13.8. The van der Waals surface area contributed by atoms with Crippen molar-refractivity contribution in [3.8, 4) is 11.5 Å². The third-order valence-electron chi connectivity index (χ3n) is 2.55. The van der Waals surface area contributed by atoms with Crippen LogP contribution in [0.1, 0.15) is 12.5 Å². The number of hydrogen-bond acceptors (Lipinski definition) is 2. The molecule has 0 heterocycles. The molecule has 18 heavy (non-hydrogen) atoms. The van der Waals surface area contributed by atoms with Gasteiger partial charge in [0.15, 0.2) is 11.6 Å². The first-order valence-corrected chi connectivity index (χ1v) is 5.92. The molecule has 2 nitrogen and oxygen atoms in total. The highest BCUT2D eigenvalue weighted by Crippen LogP contribution is 2.28. The van der Waals surface area contributed by atoms with Gasteiger partial charge in [0, 0.05) is 6.04 Å². The number of benzene rings is 2. The van der Waals surface area contributed by atoms with E-state index in [4.69, 9.17) is 10.5 Å². The van der Waals surface area contributed by atoms with E-state index in [1.165, 1.54) is 6.07 Å². The van der Waals surface area contributed by atoms with Gasteiger partial charge >= 0.3 is 0 Å². The van der Waals surface area contributed by atoms with E-state index in [9.17, 15) is 4.39 Å². The summed E-state index contributed by atoms with van der Waals surface area (Å²) in [5, 5.41) is 0. The summed E-state index contributed by atoms with van der Waals surface area (Å²) in [4.78, 5) is 0. The van der Waals surface area contributed by atoms with Crippen LogP contribution in [0.5, 0.6) is 11.5 Å². The molecule has 0 aliphatic heterocycles. The Morgan fingerprint density at radius 2 is 1.83 bits per heavy atom. The Labute approximate surface area is 106 Å². The molecule has 0 aliphatic carbocycles. The molecular formula is C15H16FNO. The molecule has 0 saturated heterocycles. The number of para-hydroxylation sites is 2. The predicted octanol–water partition coefficient (Wildman–Crippen LogP) is 3.51. The Morgan fingerprint density at radius 1 is 1.11 bits per heavy atom. The molecule has 0 saturated carbocycles. The molecule has 3 heteroatoms. The smallest absolute Gasteiger partial charge is 0.166 e. The van der Waals surface area contributed by atoms with Gasteiger partial charge < -0.3 is 10.5 Å². The minimum Gasteiger partial charge on any atom is -0.454 e. The summed E-state index contributed by atoms with van der Waals surface area (Å²) < 4.78 is 19.4. The Morgan fingerprint density at radius 3 is 2.50 bits per heavy atom. The van der Waals surface area contributed by atoms with Crippen LogP contribution in [0.25, 0.3) is 0 Å². The van der Waals surface area contributed by atoms with E-state index >= 15 is 0 Å². The van der Waals surface area contributed by atoms with Gasteiger partial charge in [0.25, 0.3) is 0 Å². The van der Waals surface area contributed by atoms with Crippen molar-refractivity contribution >= 4 is 0 Å². The molecule has 0 aromatic heterocycles. The predicted molar refractivity (Wildman–Crippen MR) is 70.3 cm³/mol. The molecule has 1 unspecified atom stereocenters. The van der Waals surface area contributed by atoms with Crippen LogP contribution in [0.2, 0.25) is 0 Å². The minimum absolute atomic E-state index is 0.0371. The average molecular weight is 245 g/mol. The third kappa shape index (κ3) is 3.08. The van der Waals surface area contributed by atoms with E-state index in [1.54, 1.807) is 18.2 Å². The van der Waals surface area contributed by atoms with Crippen LogP contribution in [0.15, 0.2) is 48.5 Å². The lowest BCUT2D eigenvalue weighted by molar-refractivity contribution is 0.434. The maximum absolute atomic E-state index is 13.8. The quantitative estimate of drug-likeness (QED) is 0.894. The topological polar surface area (TPSA) is 35.2 Å². The van der Waals surface area contributed by atoms with Crippen LogP contribution >= 0.6 is 0 Å². The van der Waals surface area contributed by atoms with Gasteiger partial charge in [-0.25, -0.2) is 4.39 Å². The van der Waals surface area contributed by atoms with Crippen molar-refractivity contribution in [2.24, 2.45) is 5.73 Å². The number of halogens is 1. The molecule has 2 rings (SSSR count). The summed E-state index contributed by atoms with van der Waals surface area (Å²) in [7, 11) is 0. The monoisotopic (exact) mass is 245 g/mol. The van der Waals surface area contributed by atoms with Gasteiger partial charge in [0.2, 0.25) is 0 Å². The number of hydrogen-bond donors (Lipinski definition) is 1. The lowest BCUT2D eigenvalue weighted by Crippen LogP contribution is -2.18. The van der Waals surface area contributed by atoms with Crippen LogP contribution in [-0.4, -0.2) is 6.04 Å². The third-order valence-corrected chi connectivity index (χ3v) is 2.55. The summed E-state index contributed by atoms with van der Waals surface area (Å²) in [6.07, 6.45) is 0.583. The summed E-state index contributed by atoms with van der Waals surface area (Å²) in [6.45, 7) is 1.89. The molecule has 0 bridgehead atoms. The zero-order chi connectivity index (χ0) is 13.0. The number of rotatable bonds is 4. The second-order valence-electron chi connectivity index (χ2n) is 4.32. The summed E-state index contributed by atoms with van der Waals surface area (Å²) in [5.74, 6) is 0.520. The summed E-state index contributed by atoms with van der Waals surface area (Å²) in [5.41, 5.74) is 6.54. The van der Waals surface area contributed by atoms with Gasteiger partial charge in [-0.1, -0.05) is 30.3 Å². The molecule has 0 fully saturated rings. The molecular weight excluding hydrogens is 229 g/mol. The first-order chi connectivity index (χ1) is 8.66. The summed E-state index contributed by atoms with van der Waals surface area (Å²) >= 11 is 0. The molecule has 0 spiro atoms. The van der Waals surface area contributed by atoms with Crippen molar-refractivity contribution in [2.45, 2.75) is 19.4 Å². The SMILES string of the molecule is CC(N)Cc1cccc(F)c1Oc1ccccc1. The van der Waals surface area contributed by atoms with Crippen LogP contribution in [0.4, 0.5) is 4.39 Å². The lowest BCUT2D eigenvalue weighted by atomic mass is 10.1. The van der Waals surface area contributed by atoms with Crippen molar-refractivity contribution in [2.75, 3.05) is 0 Å². The van der Waals surface area contributed by atoms with Crippen molar-refractivity contribution in [1.82, 2.24) is 0 Å². The van der Waals surface area contributed by atoms with Crippen LogP contribution in [0.3, 0.4) is 0 Å². The molecule has 0 aliphatic rings. The van der Waals surface area contributed by atoms with E-state index in [2.05, 4.69) is 0 Å². The normalized spacial score (nSPS) is 12.2. The fraction of sp³-hybridized carbons (Fsp3) is 0.200. The van der Waals surface area contributed by atoms with Crippen molar-refractivity contribution < 1.29 is 9.13 Å². The Balaban J connectivity index is 2.31. The average Bonchev–Trinajstić information content (AvgIpc) is 2.34. The van der Waals surface area contributed by atoms with Gasteiger partial charge in [-0.2, -0.15) is 0 Å². The largest absolute Gasteiger partial charge is 0.454 e. The Hall–Kier alpha value is -1.87. The van der Waals surface area contributed by atoms with E-state index in [1.807, 2.05) is 31.2 Å². The standard InChI is InChI=1S/C15H16FNO/c1-11(17)10-12-6-5-9-14(16)15(12)18-13-7-3-2-4-8-13/h2-9,11H,10,17H2,1H3. The van der Waals surface area contributed by atoms with Gasteiger partial charge in [0.1, 0.15) is 5.75 Å². The lowest BCUT2D eigenvalue weighted by Gasteiger charge is -2.13. The van der Waals surface area contributed by atoms with Crippen molar-refractivity contribution in [1.29, 1.82) is 0 Å². The van der Waals surface area contributed by atoms with E-state index in [0.29, 0.717) is 12.2 Å². The van der Waals surface area contributed by atoms with Crippen LogP contribution < -0.4 is 10.5 Å². The highest BCUT2D eigenvalue weighted by Gasteiger charge is 2.12. The highest BCUT2D eigenvalue weighted by molar-refractivity contribution is 5.39. The maximum Gasteiger partial charge on any atom is 0.166 e. The zero-order valence-corrected chi connectivity index (χ0v) is 10.3. The van der Waals surface area contributed by atoms with Crippen molar-refractivity contribution in [3.05, 3.63) is 59.9 Å². The van der Waals surface area contributed by atoms with Gasteiger partial charge in [0.05, 0.1) is 0 Å². The molecule has 2 N–H and O–H groups in total. The highest BCUT2D eigenvalue weighted by atomic mass is 19.1. The first kappa shape index (κ1) is 12.6. The second-order valence-corrected chi connectivity index (χ2v) is 4.32. The summed E-state index contributed by atoms with van der Waals surface area (Å²) in [6, 6.07) is 14.0. The second kappa shape index (κ2) is 5.65. The Bertz CT molecular complexity index is 511. The first-order valence-electron chi connectivity index (χ1n) is 5.92. The van der Waals surface area contributed by atoms with E-state index < -0.39 is 0 Å². The molecule has 94 valence electrons. The zero-order valence-electron chi connectivity index (χ0n) is 10.3. The van der Waals surface area contributed by atoms with E-state index in [0.717, 1.165) is 5.56 Å². The molecule has 2 aromatic carbocycles. The fourth-order valence-corrected chi connectivity index (χ4v) is 1.78. The number of ether oxygens (including phenoxy) is 1. The van der Waals surface area contributed by atoms with Crippen molar-refractivity contribution in [3.63, 3.8) is 0 Å². The van der Waals surface area contributed by atoms with Gasteiger partial charge in [-0.15, -0.1) is 0 Å². The minimum atomic E-state index is -0.364. The molecule has 2 aromatic rings. The van der Waals surface area contributed by atoms with E-state index in [-0.39, 0.29) is 17.6 Å². The molecule has 1 atom stereocenters. The fourth-order valence-electron chi connectivity index (χ4n) is 1.78. The van der Waals surface area contributed by atoms with Crippen LogP contribution in [0, 0.1) is 5.82 Å². The van der Waals surface area contributed by atoms with Gasteiger partial charge in [-0.05, 0) is 37.1 Å².